The molecule has 4 atom stereocenters. The van der Waals surface area contributed by atoms with E-state index in [0.717, 1.165) is 47.2 Å². The smallest absolute Gasteiger partial charge is 0.224 e. The second-order valence-electron chi connectivity index (χ2n) is 12.9. The first-order chi connectivity index (χ1) is 23.1. The summed E-state index contributed by atoms with van der Waals surface area (Å²) in [6.45, 7) is 13.2. The van der Waals surface area contributed by atoms with E-state index in [4.69, 9.17) is 46.3 Å². The van der Waals surface area contributed by atoms with Crippen LogP contribution in [-0.4, -0.2) is 105 Å². The van der Waals surface area contributed by atoms with Gasteiger partial charge in [-0.2, -0.15) is 0 Å². The maximum absolute atomic E-state index is 9.51. The lowest BCUT2D eigenvalue weighted by molar-refractivity contribution is -0.0413. The van der Waals surface area contributed by atoms with Crippen molar-refractivity contribution in [3.05, 3.63) is 40.2 Å². The molecule has 3 aromatic heterocycles. The minimum absolute atomic E-state index is 0.0174. The number of aromatic nitrogens is 6. The number of hydrogen-bond donors (Lipinski definition) is 3. The zero-order valence-corrected chi connectivity index (χ0v) is 28.6. The number of nitrogens with two attached hydrogens (primary N) is 1. The summed E-state index contributed by atoms with van der Waals surface area (Å²) in [6.07, 6.45) is 4.20. The molecule has 2 fully saturated rings. The van der Waals surface area contributed by atoms with Gasteiger partial charge < -0.3 is 44.7 Å². The molecule has 0 spiro atoms. The van der Waals surface area contributed by atoms with Crippen molar-refractivity contribution >= 4 is 29.2 Å². The van der Waals surface area contributed by atoms with Crippen LogP contribution in [0.25, 0.3) is 11.4 Å². The lowest BCUT2D eigenvalue weighted by atomic mass is 9.96. The van der Waals surface area contributed by atoms with Gasteiger partial charge in [0.1, 0.15) is 22.8 Å². The highest BCUT2D eigenvalue weighted by atomic mass is 35.5. The molecule has 7 heterocycles. The normalized spacial score (nSPS) is 26.6. The van der Waals surface area contributed by atoms with E-state index in [1.807, 2.05) is 13.8 Å². The summed E-state index contributed by atoms with van der Waals surface area (Å²) in [4.78, 5) is 31.0. The molecule has 7 rings (SSSR count). The Morgan fingerprint density at radius 2 is 1.31 bits per heavy atom. The highest BCUT2D eigenvalue weighted by Gasteiger charge is 2.42. The van der Waals surface area contributed by atoms with E-state index in [1.54, 1.807) is 12.4 Å². The fourth-order valence-corrected chi connectivity index (χ4v) is 6.77. The monoisotopic (exact) mass is 685 g/mol. The quantitative estimate of drug-likeness (QED) is 0.307. The van der Waals surface area contributed by atoms with Crippen molar-refractivity contribution in [2.24, 2.45) is 0 Å². The van der Waals surface area contributed by atoms with Crippen LogP contribution in [0.4, 0.5) is 17.6 Å². The molecule has 4 aliphatic rings. The van der Waals surface area contributed by atoms with Crippen LogP contribution in [0.15, 0.2) is 12.4 Å². The molecular weight excluding hydrogens is 642 g/mol. The van der Waals surface area contributed by atoms with Gasteiger partial charge in [-0.15, -0.1) is 0 Å². The molecule has 2 unspecified atom stereocenters. The fraction of sp³-hybridized carbons (Fsp3) is 0.625. The summed E-state index contributed by atoms with van der Waals surface area (Å²) in [5.41, 5.74) is 8.61. The highest BCUT2D eigenvalue weighted by Crippen LogP contribution is 2.43. The molecular formula is C32H44ClN9O6. The second-order valence-corrected chi connectivity index (χ2v) is 13.2. The highest BCUT2D eigenvalue weighted by molar-refractivity contribution is 6.28. The number of hydrogen-bond acceptors (Lipinski definition) is 15. The molecule has 4 N–H and O–H groups in total. The van der Waals surface area contributed by atoms with Crippen LogP contribution in [0, 0.1) is 0 Å². The van der Waals surface area contributed by atoms with Crippen LogP contribution in [0.3, 0.4) is 0 Å². The van der Waals surface area contributed by atoms with Crippen molar-refractivity contribution in [3.8, 4) is 11.4 Å². The van der Waals surface area contributed by atoms with E-state index in [9.17, 15) is 10.2 Å². The third-order valence-corrected chi connectivity index (χ3v) is 9.57. The Morgan fingerprint density at radius 1 is 0.812 bits per heavy atom. The minimum atomic E-state index is -0.652. The Morgan fingerprint density at radius 3 is 1.81 bits per heavy atom. The number of morpholine rings is 2. The van der Waals surface area contributed by atoms with E-state index in [2.05, 4.69) is 43.6 Å². The SMILES string of the molecule is C[C@H]1COCCN1c1nc(-c2cnc(N)nc2)nc2c1COC2(C)CCO.C[C@H]1COCCN1c1nc(Cl)nc2c1COC2(C)CCO. The first-order valence-corrected chi connectivity index (χ1v) is 16.7. The lowest BCUT2D eigenvalue weighted by Gasteiger charge is -2.35. The molecule has 2 saturated heterocycles. The molecule has 260 valence electrons. The third kappa shape index (κ3) is 6.77. The zero-order valence-electron chi connectivity index (χ0n) is 27.9. The van der Waals surface area contributed by atoms with Gasteiger partial charge in [-0.3, -0.25) is 0 Å². The topological polar surface area (TPSA) is 187 Å². The van der Waals surface area contributed by atoms with E-state index in [1.165, 1.54) is 0 Å². The van der Waals surface area contributed by atoms with Crippen molar-refractivity contribution in [2.75, 3.05) is 68.3 Å². The molecule has 0 radical (unpaired) electrons. The number of rotatable bonds is 7. The van der Waals surface area contributed by atoms with E-state index < -0.39 is 11.2 Å². The first kappa shape index (κ1) is 34.5. The third-order valence-electron chi connectivity index (χ3n) is 9.40. The van der Waals surface area contributed by atoms with Crippen molar-refractivity contribution in [1.29, 1.82) is 0 Å². The molecule has 15 nitrogen and oxygen atoms in total. The van der Waals surface area contributed by atoms with E-state index in [-0.39, 0.29) is 36.5 Å². The molecule has 0 aliphatic carbocycles. The zero-order chi connectivity index (χ0) is 34.1. The van der Waals surface area contributed by atoms with Crippen LogP contribution in [0.1, 0.15) is 63.1 Å². The van der Waals surface area contributed by atoms with Crippen molar-refractivity contribution in [2.45, 2.75) is 77.0 Å². The maximum atomic E-state index is 9.51. The molecule has 16 heteroatoms. The standard InChI is InChI=1S/C18H24N6O3.C14H20ClN3O3/c1-11-9-26-6-4-24(11)16-13-10-27-18(2,3-5-25)14(13)22-15(23-16)12-7-20-17(19)21-8-12;1-9-7-20-6-4-18(9)12-10-8-21-14(2,3-5-19)11(10)16-13(15)17-12/h7-8,11,25H,3-6,9-10H2,1-2H3,(H2,19,20,21);9,19H,3-8H2,1-2H3/t11-,18?;9-,14?/m00/s1. The second kappa shape index (κ2) is 14.3. The average molecular weight is 686 g/mol. The van der Waals surface area contributed by atoms with Crippen molar-refractivity contribution < 1.29 is 29.2 Å². The molecule has 0 amide bonds. The number of anilines is 3. The van der Waals surface area contributed by atoms with Gasteiger partial charge in [0.25, 0.3) is 0 Å². The Balaban J connectivity index is 0.000000173. The van der Waals surface area contributed by atoms with Gasteiger partial charge in [0.05, 0.1) is 68.7 Å². The van der Waals surface area contributed by atoms with Gasteiger partial charge in [-0.25, -0.2) is 29.9 Å². The molecule has 4 aliphatic heterocycles. The number of nitrogen functional groups attached to an aromatic ring is 1. The van der Waals surface area contributed by atoms with Gasteiger partial charge in [0, 0.05) is 62.7 Å². The predicted molar refractivity (Wildman–Crippen MR) is 177 cm³/mol. The molecule has 48 heavy (non-hydrogen) atoms. The maximum Gasteiger partial charge on any atom is 0.224 e. The van der Waals surface area contributed by atoms with Gasteiger partial charge in [0.2, 0.25) is 11.2 Å². The van der Waals surface area contributed by atoms with Gasteiger partial charge in [0.15, 0.2) is 5.82 Å². The van der Waals surface area contributed by atoms with Crippen LogP contribution in [0.5, 0.6) is 0 Å². The fourth-order valence-electron chi connectivity index (χ4n) is 6.61. The van der Waals surface area contributed by atoms with Gasteiger partial charge in [-0.1, -0.05) is 0 Å². The van der Waals surface area contributed by atoms with Crippen LogP contribution < -0.4 is 15.5 Å². The Kier molecular flexibility index (Phi) is 10.3. The summed E-state index contributed by atoms with van der Waals surface area (Å²) < 4.78 is 23.0. The summed E-state index contributed by atoms with van der Waals surface area (Å²) in [6, 6.07) is 0.427. The van der Waals surface area contributed by atoms with E-state index >= 15 is 0 Å². The van der Waals surface area contributed by atoms with Gasteiger partial charge >= 0.3 is 0 Å². The Bertz CT molecular complexity index is 1600. The van der Waals surface area contributed by atoms with Crippen molar-refractivity contribution in [1.82, 2.24) is 29.9 Å². The number of fused-ring (bicyclic) bond motifs is 2. The molecule has 0 aromatic carbocycles. The Labute approximate surface area is 284 Å². The number of halogens is 1. The minimum Gasteiger partial charge on any atom is -0.396 e. The first-order valence-electron chi connectivity index (χ1n) is 16.3. The summed E-state index contributed by atoms with van der Waals surface area (Å²) in [5.74, 6) is 2.42. The summed E-state index contributed by atoms with van der Waals surface area (Å²) in [7, 11) is 0. The van der Waals surface area contributed by atoms with Crippen LogP contribution in [-0.2, 0) is 43.4 Å². The van der Waals surface area contributed by atoms with E-state index in [0.29, 0.717) is 63.9 Å². The van der Waals surface area contributed by atoms with Crippen LogP contribution in [0.2, 0.25) is 5.28 Å². The number of aliphatic hydroxyl groups is 2. The lowest BCUT2D eigenvalue weighted by Crippen LogP contribution is -2.44. The Hall–Kier alpha value is -3.31. The van der Waals surface area contributed by atoms with Gasteiger partial charge in [-0.05, 0) is 39.3 Å². The summed E-state index contributed by atoms with van der Waals surface area (Å²) >= 11 is 6.12. The molecule has 0 saturated carbocycles. The average Bonchev–Trinajstić information content (AvgIpc) is 3.58. The molecule has 3 aromatic rings. The summed E-state index contributed by atoms with van der Waals surface area (Å²) in [5, 5.41) is 19.0. The molecule has 0 bridgehead atoms. The van der Waals surface area contributed by atoms with Crippen molar-refractivity contribution in [3.63, 3.8) is 0 Å². The number of ether oxygens (including phenoxy) is 4. The number of nitrogens with zero attached hydrogens (tertiary/aromatic N) is 8. The number of aliphatic hydroxyl groups excluding tert-OH is 2. The van der Waals surface area contributed by atoms with Crippen LogP contribution >= 0.6 is 11.6 Å². The predicted octanol–water partition coefficient (Wildman–Crippen LogP) is 2.35. The largest absolute Gasteiger partial charge is 0.396 e.